The van der Waals surface area contributed by atoms with Crippen LogP contribution in [0.5, 0.6) is 0 Å². The van der Waals surface area contributed by atoms with E-state index < -0.39 is 5.97 Å². The van der Waals surface area contributed by atoms with E-state index in [-0.39, 0.29) is 83.4 Å². The molecule has 0 saturated carbocycles. The van der Waals surface area contributed by atoms with Gasteiger partial charge in [0.25, 0.3) is 0 Å². The van der Waals surface area contributed by atoms with Gasteiger partial charge in [-0.3, -0.25) is 14.4 Å². The molecule has 0 spiro atoms. The van der Waals surface area contributed by atoms with Crippen LogP contribution in [0.2, 0.25) is 0 Å². The molecule has 6 nitrogen and oxygen atoms in total. The molecule has 0 aromatic heterocycles. The van der Waals surface area contributed by atoms with Gasteiger partial charge >= 0.3 is 59.1 Å². The van der Waals surface area contributed by atoms with Gasteiger partial charge < -0.3 is 15.4 Å². The Hall–Kier alpha value is 0.440. The van der Waals surface area contributed by atoms with Gasteiger partial charge in [-0.25, -0.2) is 0 Å². The number of carboxylic acid groups (broad SMARTS) is 1. The van der Waals surface area contributed by atoms with Crippen LogP contribution in [0.15, 0.2) is 0 Å². The monoisotopic (exact) mass is 194 g/mol. The van der Waals surface area contributed by atoms with E-state index >= 15 is 0 Å². The molecule has 0 bridgehead atoms. The smallest absolute Gasteiger partial charge is 0.870 e. The molecule has 0 radical (unpaired) electrons. The normalized spacial score (nSPS) is 4.33. The van der Waals surface area contributed by atoms with Crippen molar-refractivity contribution < 1.29 is 88.9 Å². The number of carboxylic acids is 1. The van der Waals surface area contributed by atoms with Crippen LogP contribution in [0.3, 0.4) is 0 Å². The molecular weight excluding hydrogens is 190 g/mol. The molecular formula is C4H4Na2O6. The molecule has 0 saturated heterocycles. The van der Waals surface area contributed by atoms with E-state index in [9.17, 15) is 0 Å². The molecule has 0 aromatic rings. The Labute approximate surface area is 113 Å². The van der Waals surface area contributed by atoms with Crippen molar-refractivity contribution in [3.63, 3.8) is 0 Å². The van der Waals surface area contributed by atoms with Gasteiger partial charge in [0.05, 0.1) is 0 Å². The van der Waals surface area contributed by atoms with Crippen molar-refractivity contribution >= 4 is 24.8 Å². The molecule has 1 N–H and O–H groups in total. The van der Waals surface area contributed by atoms with Crippen molar-refractivity contribution in [1.82, 2.24) is 0 Å². The number of aliphatic carboxylic acids is 1. The third-order valence-corrected chi connectivity index (χ3v) is 0.152. The molecule has 0 amide bonds. The minimum atomic E-state index is -1.68. The van der Waals surface area contributed by atoms with Crippen LogP contribution in [-0.2, 0) is 19.2 Å². The van der Waals surface area contributed by atoms with Crippen LogP contribution in [0.4, 0.5) is 0 Å². The first-order valence-electron chi connectivity index (χ1n) is 1.74. The molecule has 12 heavy (non-hydrogen) atoms. The zero-order valence-corrected chi connectivity index (χ0v) is 10.7. The van der Waals surface area contributed by atoms with Gasteiger partial charge in [0.1, 0.15) is 5.97 Å². The minimum Gasteiger partial charge on any atom is -0.870 e. The Kier molecular flexibility index (Phi) is 73.7. The largest absolute Gasteiger partial charge is 1.00 e. The fourth-order valence-corrected chi connectivity index (χ4v) is 0. The van der Waals surface area contributed by atoms with E-state index in [1.807, 2.05) is 0 Å². The van der Waals surface area contributed by atoms with Crippen molar-refractivity contribution in [1.29, 1.82) is 0 Å². The summed E-state index contributed by atoms with van der Waals surface area (Å²) in [6.45, 7) is 0. The number of carbonyl (C=O) groups excluding carboxylic acids is 4. The van der Waals surface area contributed by atoms with Crippen LogP contribution in [-0.4, -0.2) is 30.3 Å². The Balaban J connectivity index is -0.0000000221. The van der Waals surface area contributed by atoms with E-state index in [1.54, 1.807) is 0 Å². The average molecular weight is 194 g/mol. The van der Waals surface area contributed by atoms with Crippen LogP contribution in [0.1, 0.15) is 0 Å². The Bertz CT molecular complexity index is 119. The standard InChI is InChI=1S/C2H2O3.C2H2O2.2Na.H2O/c3-1-2(4)5;3-1-2-4;;;/h1H,(H,4,5);1-2H;;;1H2/q;;2*+1;/p-2. The third kappa shape index (κ3) is 78.6. The van der Waals surface area contributed by atoms with E-state index in [4.69, 9.17) is 24.3 Å². The van der Waals surface area contributed by atoms with Crippen molar-refractivity contribution in [2.75, 3.05) is 0 Å². The number of rotatable bonds is 2. The number of carbonyl (C=O) groups is 4. The first-order chi connectivity index (χ1) is 4.18. The van der Waals surface area contributed by atoms with Crippen LogP contribution in [0, 0.1) is 0 Å². The molecule has 0 fully saturated rings. The van der Waals surface area contributed by atoms with E-state index in [2.05, 4.69) is 0 Å². The summed E-state index contributed by atoms with van der Waals surface area (Å²) >= 11 is 0. The summed E-state index contributed by atoms with van der Waals surface area (Å²) in [6.07, 6.45) is 0.111. The maximum absolute atomic E-state index is 8.89. The van der Waals surface area contributed by atoms with Gasteiger partial charge in [-0.1, -0.05) is 0 Å². The molecule has 58 valence electrons. The van der Waals surface area contributed by atoms with Crippen LogP contribution >= 0.6 is 0 Å². The average Bonchev–Trinajstić information content (AvgIpc) is 1.89. The number of hydrogen-bond acceptors (Lipinski definition) is 6. The Morgan fingerprint density at radius 3 is 1.17 bits per heavy atom. The van der Waals surface area contributed by atoms with Gasteiger partial charge in [-0.2, -0.15) is 0 Å². The van der Waals surface area contributed by atoms with Gasteiger partial charge in [0.15, 0.2) is 18.9 Å². The molecule has 8 heteroatoms. The maximum Gasteiger partial charge on any atom is 1.00 e. The second-order valence-electron chi connectivity index (χ2n) is 0.709. The zero-order chi connectivity index (χ0) is 7.70. The molecule has 0 aliphatic carbocycles. The SMILES string of the molecule is O=CC(=O)[O-].O=CC=O.[Na+].[Na+].[OH-]. The summed E-state index contributed by atoms with van der Waals surface area (Å²) in [4.78, 5) is 35.3. The van der Waals surface area contributed by atoms with Gasteiger partial charge in [0.2, 0.25) is 0 Å². The predicted octanol–water partition coefficient (Wildman–Crippen LogP) is -8.85. The summed E-state index contributed by atoms with van der Waals surface area (Å²) < 4.78 is 0. The second-order valence-corrected chi connectivity index (χ2v) is 0.709. The van der Waals surface area contributed by atoms with Gasteiger partial charge in [0, 0.05) is 0 Å². The second kappa shape index (κ2) is 30.1. The third-order valence-electron chi connectivity index (χ3n) is 0.152. The predicted molar refractivity (Wildman–Crippen MR) is 25.1 cm³/mol. The molecule has 0 aliphatic heterocycles. The van der Waals surface area contributed by atoms with E-state index in [1.165, 1.54) is 0 Å². The quantitative estimate of drug-likeness (QED) is 0.244. The fraction of sp³-hybridized carbons (Fsp3) is 0. The Morgan fingerprint density at radius 2 is 1.17 bits per heavy atom. The molecule has 0 heterocycles. The molecule has 0 atom stereocenters. The van der Waals surface area contributed by atoms with Crippen LogP contribution < -0.4 is 64.2 Å². The Morgan fingerprint density at radius 1 is 1.00 bits per heavy atom. The van der Waals surface area contributed by atoms with E-state index in [0.717, 1.165) is 0 Å². The van der Waals surface area contributed by atoms with Crippen molar-refractivity contribution in [3.05, 3.63) is 0 Å². The fourth-order valence-electron chi connectivity index (χ4n) is 0. The zero-order valence-electron chi connectivity index (χ0n) is 6.72. The number of hydrogen-bond donors (Lipinski definition) is 0. The first kappa shape index (κ1) is 29.4. The number of aldehydes is 3. The topological polar surface area (TPSA) is 121 Å². The molecule has 0 aliphatic rings. The molecule has 0 unspecified atom stereocenters. The summed E-state index contributed by atoms with van der Waals surface area (Å²) in [5, 5.41) is 8.89. The maximum atomic E-state index is 8.89. The molecule has 0 rings (SSSR count). The van der Waals surface area contributed by atoms with Crippen molar-refractivity contribution in [3.8, 4) is 0 Å². The summed E-state index contributed by atoms with van der Waals surface area (Å²) in [6, 6.07) is 0. The van der Waals surface area contributed by atoms with Crippen molar-refractivity contribution in [2.45, 2.75) is 0 Å². The summed E-state index contributed by atoms with van der Waals surface area (Å²) in [7, 11) is 0. The van der Waals surface area contributed by atoms with E-state index in [0.29, 0.717) is 0 Å². The van der Waals surface area contributed by atoms with Gasteiger partial charge in [-0.05, 0) is 0 Å². The first-order valence-corrected chi connectivity index (χ1v) is 1.74. The van der Waals surface area contributed by atoms with Crippen molar-refractivity contribution in [2.24, 2.45) is 0 Å². The van der Waals surface area contributed by atoms with Crippen LogP contribution in [0.25, 0.3) is 0 Å². The molecule has 0 aromatic carbocycles. The van der Waals surface area contributed by atoms with Gasteiger partial charge in [-0.15, -0.1) is 0 Å². The minimum absolute atomic E-state index is 0. The summed E-state index contributed by atoms with van der Waals surface area (Å²) in [5.74, 6) is -1.68. The summed E-state index contributed by atoms with van der Waals surface area (Å²) in [5.41, 5.74) is 0.